The van der Waals surface area contributed by atoms with Gasteiger partial charge in [0, 0.05) is 19.2 Å². The van der Waals surface area contributed by atoms with Gasteiger partial charge in [-0.25, -0.2) is 0 Å². The zero-order valence-electron chi connectivity index (χ0n) is 24.4. The average Bonchev–Trinajstić information content (AvgIpc) is 2.54. The van der Waals surface area contributed by atoms with Crippen LogP contribution in [0.25, 0.3) is 0 Å². The number of aromatic hydroxyl groups is 1. The highest BCUT2D eigenvalue weighted by molar-refractivity contribution is 5.43. The molecule has 0 unspecified atom stereocenters. The minimum atomic E-state index is -3.80. The Balaban J connectivity index is 4.51. The lowest BCUT2D eigenvalue weighted by Gasteiger charge is -2.14. The van der Waals surface area contributed by atoms with Gasteiger partial charge >= 0.3 is 0 Å². The fraction of sp³-hybridized carbons (Fsp3) is 0.500. The highest BCUT2D eigenvalue weighted by Gasteiger charge is 2.11. The molecule has 0 aliphatic carbocycles. The van der Waals surface area contributed by atoms with E-state index >= 15 is 0 Å². The molecule has 0 bridgehead atoms. The molecule has 0 radical (unpaired) electrons. The molecule has 0 atom stereocenters. The minimum absolute atomic E-state index is 1.33. The largest absolute Gasteiger partial charge is 0.507 e. The number of para-hydroxylation sites is 1. The van der Waals surface area contributed by atoms with Gasteiger partial charge in [-0.2, -0.15) is 0 Å². The lowest BCUT2D eigenvalue weighted by atomic mass is 9.94. The second-order valence-corrected chi connectivity index (χ2v) is 2.20. The van der Waals surface area contributed by atoms with E-state index in [4.69, 9.17) is 24.7 Å². The standard InChI is InChI=1S/C12H18O/c1-8(2)10-6-5-7-11(9(3)4)12(10)13/h5-9,13H,1-4H3/i1D3,2D3,3D3,4D3,5D,6D,7D,8D,9D/hD. The first-order valence-corrected chi connectivity index (χ1v) is 3.20. The topological polar surface area (TPSA) is 20.2 Å². The van der Waals surface area contributed by atoms with Crippen LogP contribution in [0.4, 0.5) is 0 Å². The van der Waals surface area contributed by atoms with Crippen LogP contribution in [0.2, 0.25) is 0 Å². The van der Waals surface area contributed by atoms with E-state index in [1.54, 1.807) is 0 Å². The molecule has 0 aliphatic rings. The lowest BCUT2D eigenvalue weighted by molar-refractivity contribution is 0.454. The molecule has 0 amide bonds. The van der Waals surface area contributed by atoms with Crippen LogP contribution in [-0.4, -0.2) is 6.54 Å². The summed E-state index contributed by atoms with van der Waals surface area (Å²) >= 11 is 0. The minimum Gasteiger partial charge on any atom is -0.507 e. The number of benzene rings is 1. The van der Waals surface area contributed by atoms with Crippen molar-refractivity contribution in [2.24, 2.45) is 0 Å². The zero-order valence-corrected chi connectivity index (χ0v) is 6.41. The first-order valence-electron chi connectivity index (χ1n) is 12.1. The number of phenols is 1. The van der Waals surface area contributed by atoms with E-state index in [9.17, 15) is 0 Å². The fourth-order valence-electron chi connectivity index (χ4n) is 0.747. The molecular formula is C12H18O. The van der Waals surface area contributed by atoms with Gasteiger partial charge in [-0.1, -0.05) is 45.5 Å². The molecule has 0 fully saturated rings. The Morgan fingerprint density at radius 2 is 1.85 bits per heavy atom. The summed E-state index contributed by atoms with van der Waals surface area (Å²) in [6.07, 6.45) is 0. The molecule has 13 heavy (non-hydrogen) atoms. The number of hydrogen-bond donors (Lipinski definition) is 1. The summed E-state index contributed by atoms with van der Waals surface area (Å²) in [7, 11) is 0. The van der Waals surface area contributed by atoms with Crippen LogP contribution in [0.1, 0.15) is 73.6 Å². The first-order chi connectivity index (χ1) is 13.4. The predicted octanol–water partition coefficient (Wildman–Crippen LogP) is 3.64. The van der Waals surface area contributed by atoms with Crippen LogP contribution in [0, 0.1) is 0 Å². The third-order valence-corrected chi connectivity index (χ3v) is 1.33. The Morgan fingerprint density at radius 3 is 2.23 bits per heavy atom. The maximum absolute atomic E-state index is 8.23. The van der Waals surface area contributed by atoms with Crippen LogP contribution < -0.4 is 0 Å². The molecule has 1 aromatic carbocycles. The molecule has 0 saturated carbocycles. The Kier molecular flexibility index (Phi) is 0.476. The third kappa shape index (κ3) is 2.03. The second-order valence-electron chi connectivity index (χ2n) is 2.20. The van der Waals surface area contributed by atoms with Crippen LogP contribution in [0.15, 0.2) is 18.1 Å². The van der Waals surface area contributed by atoms with Gasteiger partial charge in [-0.15, -0.1) is 0 Å². The quantitative estimate of drug-likeness (QED) is 0.782. The van der Waals surface area contributed by atoms with Crippen molar-refractivity contribution in [3.05, 3.63) is 29.3 Å². The van der Waals surface area contributed by atoms with Crippen LogP contribution in [0.3, 0.4) is 0 Å². The molecule has 1 nitrogen and oxygen atoms in total. The SMILES string of the molecule is [2H]Oc1c(C([2H])(C([2H])([2H])[2H])C([2H])([2H])[2H])c([2H])c([2H])c([2H])c1C([2H])(C([2H])([2H])[2H])C([2H])([2H])[2H]. The summed E-state index contributed by atoms with van der Waals surface area (Å²) in [6.45, 7) is -15.1. The van der Waals surface area contributed by atoms with Crippen molar-refractivity contribution in [1.82, 2.24) is 0 Å². The Hall–Kier alpha value is -0.980. The average molecular weight is 196 g/mol. The van der Waals surface area contributed by atoms with E-state index in [0.29, 0.717) is 0 Å². The summed E-state index contributed by atoms with van der Waals surface area (Å²) < 4.78 is 138. The van der Waals surface area contributed by atoms with Gasteiger partial charge in [0.1, 0.15) is 5.75 Å². The van der Waals surface area contributed by atoms with E-state index in [1.807, 2.05) is 0 Å². The molecule has 1 rings (SSSR count). The van der Waals surface area contributed by atoms with Gasteiger partial charge < -0.3 is 5.11 Å². The molecule has 0 saturated heterocycles. The van der Waals surface area contributed by atoms with E-state index in [1.165, 1.54) is 0 Å². The summed E-state index contributed by atoms with van der Waals surface area (Å²) in [5, 5.41) is 4.15. The third-order valence-electron chi connectivity index (χ3n) is 1.33. The van der Waals surface area contributed by atoms with Crippen molar-refractivity contribution < 1.29 is 28.4 Å². The number of phenolic OH excluding ortho intramolecular Hbond substituents is 1. The summed E-state index contributed by atoms with van der Waals surface area (Å²) in [5.74, 6) is -9.12. The van der Waals surface area contributed by atoms with Gasteiger partial charge in [-0.05, 0) is 22.9 Å². The molecule has 0 aliphatic heterocycles. The maximum atomic E-state index is 8.23. The summed E-state index contributed by atoms with van der Waals surface area (Å²) in [4.78, 5) is 0. The molecule has 1 heteroatoms. The van der Waals surface area contributed by atoms with Gasteiger partial charge in [0.25, 0.3) is 1.43 Å². The molecule has 0 aromatic heterocycles. The molecule has 72 valence electrons. The predicted molar refractivity (Wildman–Crippen MR) is 56.3 cm³/mol. The summed E-state index contributed by atoms with van der Waals surface area (Å²) in [6, 6.07) is -4.06. The molecule has 0 heterocycles. The van der Waals surface area contributed by atoms with E-state index < -0.39 is 74.2 Å². The first kappa shape index (κ1) is 1.62. The number of hydrogen-bond acceptors (Lipinski definition) is 1. The lowest BCUT2D eigenvalue weighted by Crippen LogP contribution is -1.94. The number of rotatable bonds is 3. The van der Waals surface area contributed by atoms with Crippen molar-refractivity contribution >= 4 is 0 Å². The summed E-state index contributed by atoms with van der Waals surface area (Å²) in [5.41, 5.74) is -3.02. The van der Waals surface area contributed by atoms with Gasteiger partial charge in [0.05, 0.1) is 4.11 Å². The van der Waals surface area contributed by atoms with Gasteiger partial charge in [0.2, 0.25) is 0 Å². The van der Waals surface area contributed by atoms with Crippen LogP contribution in [-0.2, 0) is 0 Å². The van der Waals surface area contributed by atoms with Crippen molar-refractivity contribution in [3.8, 4) is 5.75 Å². The van der Waals surface area contributed by atoms with Crippen molar-refractivity contribution in [3.63, 3.8) is 0 Å². The molecule has 0 spiro atoms. The highest BCUT2D eigenvalue weighted by atomic mass is 16.3. The molecule has 1 aromatic rings. The monoisotopic (exact) mass is 196 g/mol. The van der Waals surface area contributed by atoms with Gasteiger partial charge in [0.15, 0.2) is 0 Å². The van der Waals surface area contributed by atoms with Crippen molar-refractivity contribution in [2.45, 2.75) is 39.2 Å². The van der Waals surface area contributed by atoms with E-state index in [2.05, 4.69) is 5.11 Å². The van der Waals surface area contributed by atoms with Crippen LogP contribution in [0.5, 0.6) is 5.75 Å². The molecular weight excluding hydrogens is 160 g/mol. The second kappa shape index (κ2) is 3.82. The Morgan fingerprint density at radius 1 is 1.31 bits per heavy atom. The van der Waals surface area contributed by atoms with Gasteiger partial charge in [-0.3, -0.25) is 0 Å². The van der Waals surface area contributed by atoms with E-state index in [-0.39, 0.29) is 0 Å². The fourth-order valence-corrected chi connectivity index (χ4v) is 0.747. The Bertz CT molecular complexity index is 747. The van der Waals surface area contributed by atoms with Crippen LogP contribution >= 0.6 is 0 Å². The Labute approximate surface area is 106 Å². The van der Waals surface area contributed by atoms with Crippen molar-refractivity contribution in [2.75, 3.05) is 0 Å². The highest BCUT2D eigenvalue weighted by Crippen LogP contribution is 2.32. The molecule has 1 N–H and O–H groups in total. The van der Waals surface area contributed by atoms with Crippen molar-refractivity contribution in [1.29, 1.82) is 1.43 Å². The maximum Gasteiger partial charge on any atom is 0.293 e. The smallest absolute Gasteiger partial charge is 0.293 e. The van der Waals surface area contributed by atoms with E-state index in [0.717, 1.165) is 0 Å². The zero-order chi connectivity index (χ0) is 25.2. The normalized spacial score (nSPS) is 36.6.